The van der Waals surface area contributed by atoms with Crippen molar-refractivity contribution in [2.24, 2.45) is 10.9 Å². The number of hydrogen-bond donors (Lipinski definition) is 1. The van der Waals surface area contributed by atoms with Gasteiger partial charge < -0.3 is 4.74 Å². The van der Waals surface area contributed by atoms with Gasteiger partial charge in [0.05, 0.1) is 0 Å². The number of ether oxygens (including phenoxy) is 1. The van der Waals surface area contributed by atoms with Gasteiger partial charge in [-0.3, -0.25) is 0 Å². The number of aromatic amines is 1. The van der Waals surface area contributed by atoms with Crippen molar-refractivity contribution in [3.05, 3.63) is 37.9 Å². The molecule has 0 aliphatic carbocycles. The monoisotopic (exact) mass is 615 g/mol. The molecule has 8 nitrogen and oxygen atoms in total. The molecule has 1 N–H and O–H groups in total. The topological polar surface area (TPSA) is 101 Å². The number of halogens is 1. The van der Waals surface area contributed by atoms with Crippen LogP contribution in [0, 0.1) is 22.2 Å². The average molecular weight is 616 g/mol. The van der Waals surface area contributed by atoms with E-state index in [0.717, 1.165) is 38.6 Å². The number of carbonyl (C=O) groups excluding carboxylic acids is 1. The number of hydrogen-bond acceptors (Lipinski definition) is 5. The van der Waals surface area contributed by atoms with Gasteiger partial charge in [0.15, 0.2) is 0 Å². The van der Waals surface area contributed by atoms with Gasteiger partial charge in [0.2, 0.25) is 0 Å². The van der Waals surface area contributed by atoms with Crippen LogP contribution in [-0.2, 0) is 24.1 Å². The number of amides is 1. The van der Waals surface area contributed by atoms with Crippen molar-refractivity contribution in [2.45, 2.75) is 45.6 Å². The number of nitrogens with one attached hydrogen (secondary N) is 1. The molecule has 11 heteroatoms. The number of carbonyl (C=O) groups is 1. The summed E-state index contributed by atoms with van der Waals surface area (Å²) in [5, 5.41) is 11.6. The summed E-state index contributed by atoms with van der Waals surface area (Å²) in [4.78, 5) is 31.9. The van der Waals surface area contributed by atoms with Crippen molar-refractivity contribution in [2.75, 3.05) is 19.6 Å². The Morgan fingerprint density at radius 2 is 2.13 bits per heavy atom. The Morgan fingerprint density at radius 1 is 1.48 bits per heavy atom. The van der Waals surface area contributed by atoms with Crippen LogP contribution in [0.25, 0.3) is 6.08 Å². The van der Waals surface area contributed by atoms with E-state index in [1.807, 2.05) is 20.8 Å². The van der Waals surface area contributed by atoms with E-state index in [9.17, 15) is 14.9 Å². The summed E-state index contributed by atoms with van der Waals surface area (Å²) in [6.07, 6.45) is 6.52. The van der Waals surface area contributed by atoms with Crippen molar-refractivity contribution in [1.29, 1.82) is 0 Å². The zero-order valence-corrected chi connectivity index (χ0v) is 21.5. The van der Waals surface area contributed by atoms with Crippen molar-refractivity contribution < 1.29 is 33.8 Å². The number of aromatic nitrogens is 1. The second-order valence-electron chi connectivity index (χ2n) is 8.28. The van der Waals surface area contributed by atoms with E-state index < -0.39 is 10.5 Å². The fraction of sp³-hybridized carbons (Fsp3) is 0.550. The molecule has 1 aromatic heterocycles. The standard InChI is InChI=1S/C20H25BClN4O4.W/c1-13(21)11-15-12-24-18(22)17(26(28)29)16(15)23-8-5-14-6-9-25(10-7-14)19(27)30-20(2,3)4;/h1,11,14H,5-10H2,2-4H3,(H,23,24);/q-1;/b13-11+;. The third kappa shape index (κ3) is 7.72. The number of likely N-dealkylation sites (tertiary alicyclic amines) is 1. The predicted molar refractivity (Wildman–Crippen MR) is 117 cm³/mol. The van der Waals surface area contributed by atoms with Gasteiger partial charge in [-0.05, 0) is 20.8 Å². The molecule has 0 aromatic carbocycles. The van der Waals surface area contributed by atoms with E-state index in [1.165, 1.54) is 0 Å². The number of nitro groups is 1. The summed E-state index contributed by atoms with van der Waals surface area (Å²) in [5.41, 5.74) is 0.0648. The van der Waals surface area contributed by atoms with Gasteiger partial charge in [0.25, 0.3) is 0 Å². The van der Waals surface area contributed by atoms with Gasteiger partial charge in [0.1, 0.15) is 5.60 Å². The van der Waals surface area contributed by atoms with Crippen LogP contribution in [0.2, 0.25) is 5.15 Å². The van der Waals surface area contributed by atoms with E-state index in [4.69, 9.17) is 24.2 Å². The Hall–Kier alpha value is -1.73. The second-order valence-corrected chi connectivity index (χ2v) is 9.50. The number of piperidine rings is 1. The third-order valence-electron chi connectivity index (χ3n) is 4.70. The summed E-state index contributed by atoms with van der Waals surface area (Å²) in [5.74, 6) is 0.368. The Labute approximate surface area is 199 Å². The van der Waals surface area contributed by atoms with Crippen LogP contribution in [0.1, 0.15) is 45.6 Å². The summed E-state index contributed by atoms with van der Waals surface area (Å²) in [6, 6.07) is 0. The average Bonchev–Trinajstić information content (AvgIpc) is 2.68. The molecule has 1 amide bonds. The first kappa shape index (κ1) is 25.5. The molecular weight excluding hydrogens is 590 g/mol. The summed E-state index contributed by atoms with van der Waals surface area (Å²) in [6.45, 7) is 7.19. The Balaban J connectivity index is 2.10. The van der Waals surface area contributed by atoms with E-state index in [2.05, 4.69) is 16.2 Å². The van der Waals surface area contributed by atoms with Crippen molar-refractivity contribution >= 4 is 41.7 Å². The molecule has 1 aliphatic heterocycles. The molecule has 0 spiro atoms. The molecule has 1 aromatic rings. The molecular formula is C20H25BClN4O4W-. The van der Waals surface area contributed by atoms with Crippen LogP contribution < -0.4 is 5.36 Å². The molecule has 2 radical (unpaired) electrons. The number of rotatable bonds is 6. The molecule has 1 aliphatic rings. The van der Waals surface area contributed by atoms with Crippen LogP contribution in [0.15, 0.2) is 10.5 Å². The van der Waals surface area contributed by atoms with Gasteiger partial charge in [-0.2, -0.15) is 0 Å². The molecule has 0 atom stereocenters. The van der Waals surface area contributed by atoms with Crippen LogP contribution in [0.5, 0.6) is 0 Å². The Kier molecular flexibility index (Phi) is 9.25. The molecule has 1 fully saturated rings. The molecule has 0 saturated carbocycles. The number of nitrogens with zero attached hydrogens (tertiary/aromatic N) is 3. The summed E-state index contributed by atoms with van der Waals surface area (Å²) in [7, 11) is 5.86. The Morgan fingerprint density at radius 3 is 2.68 bits per heavy atom. The van der Waals surface area contributed by atoms with Gasteiger partial charge >= 0.3 is 164 Å². The normalized spacial score (nSPS) is 16.3. The van der Waals surface area contributed by atoms with Crippen molar-refractivity contribution in [3.8, 4) is 0 Å². The molecule has 2 heterocycles. The first-order chi connectivity index (χ1) is 14.5. The molecule has 0 bridgehead atoms. The summed E-state index contributed by atoms with van der Waals surface area (Å²) < 4.78 is 7.18. The van der Waals surface area contributed by atoms with E-state index in [1.54, 1.807) is 15.4 Å². The molecule has 31 heavy (non-hydrogen) atoms. The maximum absolute atomic E-state index is 12.2. The minimum atomic E-state index is -0.556. The van der Waals surface area contributed by atoms with Gasteiger partial charge in [0, 0.05) is 0 Å². The minimum absolute atomic E-state index is 0.128. The molecule has 1 saturated heterocycles. The number of H-pyrrole nitrogens is 1. The quantitative estimate of drug-likeness (QED) is 0.175. The second kappa shape index (κ2) is 11.2. The first-order valence-electron chi connectivity index (χ1n) is 9.90. The predicted octanol–water partition coefficient (Wildman–Crippen LogP) is 3.17. The van der Waals surface area contributed by atoms with Crippen LogP contribution in [-0.4, -0.2) is 58.4 Å². The van der Waals surface area contributed by atoms with E-state index >= 15 is 0 Å². The SMILES string of the molecule is [B]/C([CH]=[W])=C/c1[c-][nH]c(Cl)c([N+](=O)[O-])c1=NCCC1CCN(C(=O)OC(C)(C)C)CC1. The summed E-state index contributed by atoms with van der Waals surface area (Å²) >= 11 is 7.15. The molecule has 0 unspecified atom stereocenters. The van der Waals surface area contributed by atoms with Crippen LogP contribution in [0.3, 0.4) is 0 Å². The molecule has 2 rings (SSSR count). The van der Waals surface area contributed by atoms with Crippen molar-refractivity contribution in [3.63, 3.8) is 0 Å². The van der Waals surface area contributed by atoms with Crippen LogP contribution in [0.4, 0.5) is 10.5 Å². The van der Waals surface area contributed by atoms with E-state index in [-0.39, 0.29) is 22.3 Å². The fourth-order valence-electron chi connectivity index (χ4n) is 3.19. The van der Waals surface area contributed by atoms with Crippen LogP contribution >= 0.6 is 11.6 Å². The third-order valence-corrected chi connectivity index (χ3v) is 5.95. The van der Waals surface area contributed by atoms with E-state index in [0.29, 0.717) is 36.6 Å². The van der Waals surface area contributed by atoms with Gasteiger partial charge in [-0.1, -0.05) is 0 Å². The fourth-order valence-corrected chi connectivity index (χ4v) is 3.64. The zero-order chi connectivity index (χ0) is 23.2. The maximum atomic E-state index is 12.2. The van der Waals surface area contributed by atoms with Gasteiger partial charge in [-0.25, -0.2) is 4.79 Å². The molecule has 166 valence electrons. The number of allylic oxidation sites excluding steroid dienone is 1. The first-order valence-corrected chi connectivity index (χ1v) is 12.0. The van der Waals surface area contributed by atoms with Gasteiger partial charge in [-0.15, -0.1) is 0 Å². The zero-order valence-electron chi connectivity index (χ0n) is 17.8. The Bertz CT molecular complexity index is 934. The van der Waals surface area contributed by atoms with Crippen molar-refractivity contribution in [1.82, 2.24) is 9.88 Å². The number of pyridine rings is 1.